The van der Waals surface area contributed by atoms with Gasteiger partial charge in [0, 0.05) is 26.2 Å². The lowest BCUT2D eigenvalue weighted by Crippen LogP contribution is -2.67. The molecule has 0 amide bonds. The molecule has 0 bridgehead atoms. The molecule has 0 aliphatic carbocycles. The van der Waals surface area contributed by atoms with E-state index in [1.54, 1.807) is 0 Å². The Morgan fingerprint density at radius 1 is 0.686 bits per heavy atom. The molecule has 0 aromatic heterocycles. The summed E-state index contributed by atoms with van der Waals surface area (Å²) in [7, 11) is -6.98. The number of sulfonamides is 1. The fourth-order valence-electron chi connectivity index (χ4n) is 2.54. The number of nitrogens with one attached hydrogen (secondary N) is 1. The minimum atomic E-state index is -7.87. The first-order valence-electron chi connectivity index (χ1n) is 8.91. The van der Waals surface area contributed by atoms with Gasteiger partial charge in [-0.3, -0.25) is 4.90 Å². The second kappa shape index (κ2) is 9.58. The molecule has 1 rings (SSSR count). The van der Waals surface area contributed by atoms with Gasteiger partial charge in [0.1, 0.15) is 0 Å². The van der Waals surface area contributed by atoms with Crippen LogP contribution in [0.3, 0.4) is 0 Å². The smallest absolute Gasteiger partial charge is 0.379 e. The van der Waals surface area contributed by atoms with Gasteiger partial charge in [0.15, 0.2) is 0 Å². The Morgan fingerprint density at radius 2 is 1.11 bits per heavy atom. The third-order valence-corrected chi connectivity index (χ3v) is 6.16. The molecule has 0 spiro atoms. The van der Waals surface area contributed by atoms with Crippen molar-refractivity contribution in [3.8, 4) is 0 Å². The van der Waals surface area contributed by atoms with Gasteiger partial charge in [-0.2, -0.15) is 65.9 Å². The average Bonchev–Trinajstić information content (AvgIpc) is 2.66. The molecule has 0 saturated carbocycles. The van der Waals surface area contributed by atoms with Gasteiger partial charge in [0.2, 0.25) is 0 Å². The molecule has 1 aliphatic heterocycles. The van der Waals surface area contributed by atoms with E-state index < -0.39 is 70.6 Å². The van der Waals surface area contributed by atoms with Crippen molar-refractivity contribution in [3.63, 3.8) is 0 Å². The van der Waals surface area contributed by atoms with Crippen LogP contribution in [-0.2, 0) is 14.8 Å². The van der Waals surface area contributed by atoms with Gasteiger partial charge in [0.05, 0.1) is 19.6 Å². The van der Waals surface area contributed by atoms with Crippen molar-refractivity contribution in [2.75, 3.05) is 39.4 Å². The first kappa shape index (κ1) is 31.8. The number of morpholine rings is 1. The maximum atomic E-state index is 13.9. The quantitative estimate of drug-likeness (QED) is 0.379. The standard InChI is InChI=1S/C14H15F15N2O3S/c15-8(16,7-9(17,18)11(21,22)13(25,26)27)10(19,20)12(23,24)14(28,29)35(32,33)30-1-2-31-3-5-34-6-4-31/h30H,1-7H2. The highest BCUT2D eigenvalue weighted by Gasteiger charge is 2.86. The first-order valence-corrected chi connectivity index (χ1v) is 10.4. The van der Waals surface area contributed by atoms with E-state index in [1.807, 2.05) is 0 Å². The summed E-state index contributed by atoms with van der Waals surface area (Å²) in [6.07, 6.45) is -12.0. The predicted octanol–water partition coefficient (Wildman–Crippen LogP) is 3.96. The lowest BCUT2D eigenvalue weighted by atomic mass is 9.95. The van der Waals surface area contributed by atoms with Gasteiger partial charge in [-0.1, -0.05) is 0 Å². The van der Waals surface area contributed by atoms with Gasteiger partial charge in [-0.25, -0.2) is 13.1 Å². The minimum Gasteiger partial charge on any atom is -0.379 e. The number of hydrogen-bond acceptors (Lipinski definition) is 4. The van der Waals surface area contributed by atoms with E-state index in [-0.39, 0.29) is 26.3 Å². The van der Waals surface area contributed by atoms with E-state index >= 15 is 0 Å². The molecule has 0 unspecified atom stereocenters. The Labute approximate surface area is 186 Å². The fourth-order valence-corrected chi connectivity index (χ4v) is 3.55. The SMILES string of the molecule is O=S(=O)(NCCN1CCOCC1)C(F)(F)C(F)(F)C(F)(F)C(F)(F)CC(F)(F)C(F)(F)C(F)(F)F. The number of rotatable bonds is 11. The molecule has 0 atom stereocenters. The number of alkyl halides is 15. The molecule has 35 heavy (non-hydrogen) atoms. The van der Waals surface area contributed by atoms with E-state index in [0.717, 1.165) is 4.72 Å². The van der Waals surface area contributed by atoms with Crippen LogP contribution in [0.15, 0.2) is 0 Å². The summed E-state index contributed by atoms with van der Waals surface area (Å²) >= 11 is 0. The first-order chi connectivity index (χ1) is 15.3. The fraction of sp³-hybridized carbons (Fsp3) is 1.00. The molecule has 21 heteroatoms. The van der Waals surface area contributed by atoms with Gasteiger partial charge in [-0.15, -0.1) is 0 Å². The van der Waals surface area contributed by atoms with Crippen molar-refractivity contribution >= 4 is 10.0 Å². The highest BCUT2D eigenvalue weighted by atomic mass is 32.2. The predicted molar refractivity (Wildman–Crippen MR) is 84.5 cm³/mol. The van der Waals surface area contributed by atoms with Crippen LogP contribution >= 0.6 is 0 Å². The largest absolute Gasteiger partial charge is 0.459 e. The maximum Gasteiger partial charge on any atom is 0.459 e. The monoisotopic (exact) mass is 576 g/mol. The molecule has 1 heterocycles. The summed E-state index contributed by atoms with van der Waals surface area (Å²) in [5, 5.41) is -7.18. The topological polar surface area (TPSA) is 58.6 Å². The van der Waals surface area contributed by atoms with Crippen molar-refractivity contribution in [3.05, 3.63) is 0 Å². The van der Waals surface area contributed by atoms with E-state index in [2.05, 4.69) is 0 Å². The summed E-state index contributed by atoms with van der Waals surface area (Å²) in [6, 6.07) is 0. The van der Waals surface area contributed by atoms with Crippen molar-refractivity contribution in [1.82, 2.24) is 9.62 Å². The molecule has 1 N–H and O–H groups in total. The minimum absolute atomic E-state index is 0.0836. The second-order valence-electron chi connectivity index (χ2n) is 7.18. The van der Waals surface area contributed by atoms with Crippen molar-refractivity contribution in [2.45, 2.75) is 47.5 Å². The highest BCUT2D eigenvalue weighted by Crippen LogP contribution is 2.58. The van der Waals surface area contributed by atoms with Crippen molar-refractivity contribution in [1.29, 1.82) is 0 Å². The number of nitrogens with zero attached hydrogens (tertiary/aromatic N) is 1. The maximum absolute atomic E-state index is 13.9. The zero-order chi connectivity index (χ0) is 27.9. The third-order valence-electron chi connectivity index (χ3n) is 4.64. The van der Waals surface area contributed by atoms with E-state index in [0.29, 0.717) is 0 Å². The van der Waals surface area contributed by atoms with Crippen LogP contribution in [0.5, 0.6) is 0 Å². The zero-order valence-corrected chi connectivity index (χ0v) is 17.5. The van der Waals surface area contributed by atoms with Gasteiger partial charge in [0.25, 0.3) is 10.0 Å². The summed E-state index contributed by atoms with van der Waals surface area (Å²) < 4.78 is 226. The molecular weight excluding hydrogens is 561 g/mol. The van der Waals surface area contributed by atoms with Crippen LogP contribution in [-0.4, -0.2) is 93.8 Å². The van der Waals surface area contributed by atoms with Crippen LogP contribution in [0.1, 0.15) is 6.42 Å². The van der Waals surface area contributed by atoms with Gasteiger partial charge in [-0.05, 0) is 0 Å². The normalized spacial score (nSPS) is 18.7. The van der Waals surface area contributed by atoms with Crippen LogP contribution < -0.4 is 4.72 Å². The summed E-state index contributed by atoms with van der Waals surface area (Å²) in [5.41, 5.74) is 0. The Balaban J connectivity index is 3.20. The Morgan fingerprint density at radius 3 is 1.54 bits per heavy atom. The summed E-state index contributed by atoms with van der Waals surface area (Å²) in [4.78, 5) is 1.31. The van der Waals surface area contributed by atoms with E-state index in [4.69, 9.17) is 4.74 Å². The average molecular weight is 576 g/mol. The summed E-state index contributed by atoms with van der Waals surface area (Å²) in [5.74, 6) is -37.7. The van der Waals surface area contributed by atoms with Crippen LogP contribution in [0, 0.1) is 0 Å². The number of ether oxygens (including phenoxy) is 1. The Hall–Kier alpha value is -1.22. The van der Waals surface area contributed by atoms with Crippen molar-refractivity contribution in [2.24, 2.45) is 0 Å². The van der Waals surface area contributed by atoms with E-state index in [1.165, 1.54) is 4.90 Å². The molecule has 1 aliphatic rings. The lowest BCUT2D eigenvalue weighted by molar-refractivity contribution is -0.389. The molecule has 0 aromatic carbocycles. The molecule has 1 saturated heterocycles. The highest BCUT2D eigenvalue weighted by molar-refractivity contribution is 7.90. The third kappa shape index (κ3) is 5.71. The molecule has 1 fully saturated rings. The lowest BCUT2D eigenvalue weighted by Gasteiger charge is -2.38. The molecule has 0 aromatic rings. The van der Waals surface area contributed by atoms with Gasteiger partial charge < -0.3 is 4.74 Å². The molecule has 210 valence electrons. The van der Waals surface area contributed by atoms with Crippen molar-refractivity contribution < 1.29 is 79.0 Å². The van der Waals surface area contributed by atoms with E-state index in [9.17, 15) is 74.3 Å². The van der Waals surface area contributed by atoms with Crippen LogP contribution in [0.4, 0.5) is 65.9 Å². The number of hydrogen-bond donors (Lipinski definition) is 1. The Bertz CT molecular complexity index is 838. The molecular formula is C14H15F15N2O3S. The second-order valence-corrected chi connectivity index (χ2v) is 8.98. The number of halogens is 15. The zero-order valence-electron chi connectivity index (χ0n) is 16.7. The van der Waals surface area contributed by atoms with Crippen LogP contribution in [0.2, 0.25) is 0 Å². The summed E-state index contributed by atoms with van der Waals surface area (Å²) in [6.45, 7) is -1.30. The Kier molecular flexibility index (Phi) is 8.71. The van der Waals surface area contributed by atoms with Gasteiger partial charge >= 0.3 is 41.0 Å². The molecule has 0 radical (unpaired) electrons. The molecule has 5 nitrogen and oxygen atoms in total. The van der Waals surface area contributed by atoms with Crippen LogP contribution in [0.25, 0.3) is 0 Å².